The Bertz CT molecular complexity index is 741. The Morgan fingerprint density at radius 1 is 1.12 bits per heavy atom. The van der Waals surface area contributed by atoms with Crippen LogP contribution in [0.25, 0.3) is 11.3 Å². The maximum absolute atomic E-state index is 9.17. The van der Waals surface area contributed by atoms with E-state index in [0.717, 1.165) is 50.4 Å². The zero-order valence-electron chi connectivity index (χ0n) is 15.4. The van der Waals surface area contributed by atoms with Crippen LogP contribution in [0.1, 0.15) is 36.9 Å². The fourth-order valence-electron chi connectivity index (χ4n) is 4.21. The highest BCUT2D eigenvalue weighted by molar-refractivity contribution is 5.67. The second-order valence-corrected chi connectivity index (χ2v) is 7.33. The fraction of sp³-hybridized carbons (Fsp3) is 0.500. The summed E-state index contributed by atoms with van der Waals surface area (Å²) in [7, 11) is 0. The number of nitrogens with zero attached hydrogens (tertiary/aromatic N) is 2. The van der Waals surface area contributed by atoms with Crippen molar-refractivity contribution in [2.75, 3.05) is 31.3 Å². The lowest BCUT2D eigenvalue weighted by atomic mass is 10.00. The highest BCUT2D eigenvalue weighted by Crippen LogP contribution is 2.33. The molecule has 0 atom stereocenters. The van der Waals surface area contributed by atoms with Crippen LogP contribution in [-0.2, 0) is 17.6 Å². The van der Waals surface area contributed by atoms with Crippen molar-refractivity contribution in [1.82, 2.24) is 4.98 Å². The number of ether oxygens (including phenoxy) is 1. The van der Waals surface area contributed by atoms with Crippen LogP contribution in [0.3, 0.4) is 0 Å². The Kier molecular flexibility index (Phi) is 5.51. The predicted molar refractivity (Wildman–Crippen MR) is 105 cm³/mol. The monoisotopic (exact) mass is 352 g/mol. The summed E-state index contributed by atoms with van der Waals surface area (Å²) in [6.07, 6.45) is 6.51. The number of pyridine rings is 1. The van der Waals surface area contributed by atoms with E-state index < -0.39 is 0 Å². The Labute approximate surface area is 155 Å². The summed E-state index contributed by atoms with van der Waals surface area (Å²) < 4.78 is 5.57. The second kappa shape index (κ2) is 8.19. The van der Waals surface area contributed by atoms with Gasteiger partial charge in [0.05, 0.1) is 5.69 Å². The van der Waals surface area contributed by atoms with Gasteiger partial charge in [0, 0.05) is 55.8 Å². The van der Waals surface area contributed by atoms with Crippen LogP contribution in [0.2, 0.25) is 0 Å². The third-order valence-electron chi connectivity index (χ3n) is 5.59. The number of fused-ring (bicyclic) bond motifs is 1. The summed E-state index contributed by atoms with van der Waals surface area (Å²) in [5.74, 6) is 0. The zero-order chi connectivity index (χ0) is 17.8. The van der Waals surface area contributed by atoms with E-state index >= 15 is 0 Å². The molecule has 0 unspecified atom stereocenters. The van der Waals surface area contributed by atoms with Crippen LogP contribution in [0.15, 0.2) is 36.4 Å². The second-order valence-electron chi connectivity index (χ2n) is 7.33. The number of aliphatic hydroxyl groups is 1. The van der Waals surface area contributed by atoms with Gasteiger partial charge in [-0.15, -0.1) is 0 Å². The summed E-state index contributed by atoms with van der Waals surface area (Å²) >= 11 is 0. The summed E-state index contributed by atoms with van der Waals surface area (Å²) in [4.78, 5) is 7.35. The largest absolute Gasteiger partial charge is 0.396 e. The van der Waals surface area contributed by atoms with Crippen molar-refractivity contribution in [2.24, 2.45) is 0 Å². The molecule has 1 fully saturated rings. The molecule has 1 N–H and O–H groups in total. The topological polar surface area (TPSA) is 45.6 Å². The summed E-state index contributed by atoms with van der Waals surface area (Å²) in [6, 6.07) is 13.5. The first-order chi connectivity index (χ1) is 12.8. The van der Waals surface area contributed by atoms with E-state index in [1.165, 1.54) is 29.7 Å². The molecule has 0 bridgehead atoms. The van der Waals surface area contributed by atoms with E-state index in [2.05, 4.69) is 29.2 Å². The average molecular weight is 352 g/mol. The molecule has 1 saturated heterocycles. The zero-order valence-corrected chi connectivity index (χ0v) is 15.4. The summed E-state index contributed by atoms with van der Waals surface area (Å²) in [5.41, 5.74) is 5.98. The van der Waals surface area contributed by atoms with Gasteiger partial charge in [-0.25, -0.2) is 0 Å². The van der Waals surface area contributed by atoms with Gasteiger partial charge in [0.2, 0.25) is 0 Å². The van der Waals surface area contributed by atoms with Crippen molar-refractivity contribution in [2.45, 2.75) is 44.6 Å². The van der Waals surface area contributed by atoms with Crippen molar-refractivity contribution >= 4 is 5.69 Å². The number of aryl methyl sites for hydroxylation is 1. The van der Waals surface area contributed by atoms with Gasteiger partial charge < -0.3 is 14.7 Å². The van der Waals surface area contributed by atoms with Crippen LogP contribution in [0.5, 0.6) is 0 Å². The lowest BCUT2D eigenvalue weighted by Gasteiger charge is -2.36. The Hall–Kier alpha value is -1.91. The lowest BCUT2D eigenvalue weighted by molar-refractivity contribution is 0.0844. The standard InChI is InChI=1S/C22H28N2O2/c25-13-9-19-5-3-6-21(23-19)17-7-8-22-18(16-17)4-1-2-12-24(22)20-10-14-26-15-11-20/h3,5-8,16,20,25H,1-2,4,9-15H2. The maximum Gasteiger partial charge on any atom is 0.0705 e. The van der Waals surface area contributed by atoms with E-state index in [1.807, 2.05) is 12.1 Å². The molecule has 0 saturated carbocycles. The quantitative estimate of drug-likeness (QED) is 0.913. The van der Waals surface area contributed by atoms with Crippen molar-refractivity contribution in [3.8, 4) is 11.3 Å². The number of rotatable bonds is 4. The van der Waals surface area contributed by atoms with E-state index in [1.54, 1.807) is 0 Å². The highest BCUT2D eigenvalue weighted by Gasteiger charge is 2.25. The molecule has 1 aromatic heterocycles. The molecule has 2 aliphatic rings. The first-order valence-electron chi connectivity index (χ1n) is 9.89. The molecule has 1 aromatic carbocycles. The minimum atomic E-state index is 0.140. The summed E-state index contributed by atoms with van der Waals surface area (Å²) in [5, 5.41) is 9.17. The maximum atomic E-state index is 9.17. The van der Waals surface area contributed by atoms with Gasteiger partial charge in [0.1, 0.15) is 0 Å². The number of hydrogen-bond acceptors (Lipinski definition) is 4. The number of anilines is 1. The van der Waals surface area contributed by atoms with Crippen LogP contribution >= 0.6 is 0 Å². The number of hydrogen-bond donors (Lipinski definition) is 1. The van der Waals surface area contributed by atoms with Gasteiger partial charge in [0.15, 0.2) is 0 Å². The third-order valence-corrected chi connectivity index (χ3v) is 5.59. The molecule has 0 spiro atoms. The molecule has 26 heavy (non-hydrogen) atoms. The SMILES string of the molecule is OCCc1cccc(-c2ccc3c(c2)CCCCN3C2CCOCC2)n1. The molecule has 3 heterocycles. The van der Waals surface area contributed by atoms with E-state index in [0.29, 0.717) is 12.5 Å². The molecule has 0 amide bonds. The van der Waals surface area contributed by atoms with Crippen molar-refractivity contribution in [3.63, 3.8) is 0 Å². The number of aliphatic hydroxyl groups excluding tert-OH is 1. The highest BCUT2D eigenvalue weighted by atomic mass is 16.5. The van der Waals surface area contributed by atoms with Gasteiger partial charge in [-0.2, -0.15) is 0 Å². The first kappa shape index (κ1) is 17.5. The van der Waals surface area contributed by atoms with Gasteiger partial charge >= 0.3 is 0 Å². The Balaban J connectivity index is 1.64. The molecular formula is C22H28N2O2. The Morgan fingerprint density at radius 2 is 2.00 bits per heavy atom. The molecule has 4 heteroatoms. The normalized spacial score (nSPS) is 18.4. The van der Waals surface area contributed by atoms with Crippen molar-refractivity contribution < 1.29 is 9.84 Å². The van der Waals surface area contributed by atoms with Crippen molar-refractivity contribution in [3.05, 3.63) is 47.7 Å². The van der Waals surface area contributed by atoms with Gasteiger partial charge in [-0.05, 0) is 61.9 Å². The molecule has 4 nitrogen and oxygen atoms in total. The third kappa shape index (κ3) is 3.76. The lowest BCUT2D eigenvalue weighted by Crippen LogP contribution is -2.40. The number of aromatic nitrogens is 1. The first-order valence-corrected chi connectivity index (χ1v) is 9.89. The van der Waals surface area contributed by atoms with Gasteiger partial charge in [-0.3, -0.25) is 4.98 Å². The smallest absolute Gasteiger partial charge is 0.0705 e. The van der Waals surface area contributed by atoms with Gasteiger partial charge in [0.25, 0.3) is 0 Å². The van der Waals surface area contributed by atoms with Crippen LogP contribution in [0.4, 0.5) is 5.69 Å². The van der Waals surface area contributed by atoms with E-state index in [9.17, 15) is 0 Å². The van der Waals surface area contributed by atoms with Crippen LogP contribution < -0.4 is 4.90 Å². The Morgan fingerprint density at radius 3 is 2.85 bits per heavy atom. The molecular weight excluding hydrogens is 324 g/mol. The molecule has 2 aliphatic heterocycles. The molecule has 138 valence electrons. The average Bonchev–Trinajstić information content (AvgIpc) is 2.91. The molecule has 0 radical (unpaired) electrons. The minimum absolute atomic E-state index is 0.140. The molecule has 4 rings (SSSR count). The van der Waals surface area contributed by atoms with Gasteiger partial charge in [-0.1, -0.05) is 12.1 Å². The van der Waals surface area contributed by atoms with Crippen LogP contribution in [0, 0.1) is 0 Å². The minimum Gasteiger partial charge on any atom is -0.396 e. The van der Waals surface area contributed by atoms with E-state index in [4.69, 9.17) is 14.8 Å². The van der Waals surface area contributed by atoms with Crippen LogP contribution in [-0.4, -0.2) is 42.5 Å². The molecule has 2 aromatic rings. The summed E-state index contributed by atoms with van der Waals surface area (Å²) in [6.45, 7) is 3.06. The predicted octanol–water partition coefficient (Wildman–Crippen LogP) is 3.61. The van der Waals surface area contributed by atoms with Crippen molar-refractivity contribution in [1.29, 1.82) is 0 Å². The fourth-order valence-corrected chi connectivity index (χ4v) is 4.21. The molecule has 0 aliphatic carbocycles. The number of benzene rings is 1. The van der Waals surface area contributed by atoms with E-state index in [-0.39, 0.29) is 6.61 Å².